The Morgan fingerprint density at radius 3 is 2.40 bits per heavy atom. The highest BCUT2D eigenvalue weighted by molar-refractivity contribution is 5.05. The summed E-state index contributed by atoms with van der Waals surface area (Å²) in [7, 11) is 0. The van der Waals surface area contributed by atoms with Crippen LogP contribution in [0.5, 0.6) is 0 Å². The molecule has 0 saturated heterocycles. The van der Waals surface area contributed by atoms with Crippen LogP contribution in [0.2, 0.25) is 0 Å². The molecule has 0 heterocycles. The minimum Gasteiger partial charge on any atom is -0.0651 e. The Morgan fingerprint density at radius 2 is 2.00 bits per heavy atom. The van der Waals surface area contributed by atoms with Crippen molar-refractivity contribution in [1.82, 2.24) is 0 Å². The number of rotatable bonds is 1. The van der Waals surface area contributed by atoms with Gasteiger partial charge in [-0.3, -0.25) is 0 Å². The van der Waals surface area contributed by atoms with Gasteiger partial charge in [-0.2, -0.15) is 0 Å². The van der Waals surface area contributed by atoms with Crippen molar-refractivity contribution in [3.8, 4) is 0 Å². The van der Waals surface area contributed by atoms with Crippen molar-refractivity contribution in [3.63, 3.8) is 0 Å². The molecule has 0 nitrogen and oxygen atoms in total. The molecule has 2 fully saturated rings. The fraction of sp³-hybridized carbons (Fsp3) is 1.00. The van der Waals surface area contributed by atoms with Gasteiger partial charge in [0, 0.05) is 0 Å². The molecule has 5 unspecified atom stereocenters. The topological polar surface area (TPSA) is 0 Å². The molecule has 2 aliphatic carbocycles. The second kappa shape index (κ2) is 1.99. The maximum atomic E-state index is 2.44. The highest BCUT2D eigenvalue weighted by Crippen LogP contribution is 2.63. The molecule has 0 heteroatoms. The highest BCUT2D eigenvalue weighted by Gasteiger charge is 2.56. The van der Waals surface area contributed by atoms with Gasteiger partial charge >= 0.3 is 0 Å². The van der Waals surface area contributed by atoms with Crippen LogP contribution in [0.3, 0.4) is 0 Å². The van der Waals surface area contributed by atoms with E-state index in [0.717, 1.165) is 29.6 Å². The number of hydrogen-bond donors (Lipinski definition) is 0. The van der Waals surface area contributed by atoms with Crippen molar-refractivity contribution in [2.75, 3.05) is 0 Å². The molecule has 10 heavy (non-hydrogen) atoms. The van der Waals surface area contributed by atoms with Crippen molar-refractivity contribution in [1.29, 1.82) is 0 Å². The largest absolute Gasteiger partial charge is 0.0651 e. The first-order valence-electron chi connectivity index (χ1n) is 4.75. The summed E-state index contributed by atoms with van der Waals surface area (Å²) in [5.74, 6) is 5.48. The molecule has 0 aromatic rings. The van der Waals surface area contributed by atoms with E-state index in [1.165, 1.54) is 12.8 Å². The monoisotopic (exact) mass is 138 g/mol. The van der Waals surface area contributed by atoms with E-state index in [2.05, 4.69) is 20.8 Å². The fourth-order valence-corrected chi connectivity index (χ4v) is 3.32. The maximum Gasteiger partial charge on any atom is -0.0324 e. The lowest BCUT2D eigenvalue weighted by atomic mass is 9.89. The lowest BCUT2D eigenvalue weighted by Crippen LogP contribution is -2.09. The van der Waals surface area contributed by atoms with E-state index in [-0.39, 0.29) is 0 Å². The van der Waals surface area contributed by atoms with E-state index >= 15 is 0 Å². The van der Waals surface area contributed by atoms with Crippen molar-refractivity contribution < 1.29 is 0 Å². The Balaban J connectivity index is 2.04. The van der Waals surface area contributed by atoms with Crippen LogP contribution in [-0.2, 0) is 0 Å². The van der Waals surface area contributed by atoms with Crippen LogP contribution >= 0.6 is 0 Å². The third kappa shape index (κ3) is 0.681. The number of fused-ring (bicyclic) bond motifs is 1. The van der Waals surface area contributed by atoms with Gasteiger partial charge in [-0.1, -0.05) is 27.2 Å². The van der Waals surface area contributed by atoms with Crippen LogP contribution in [0.15, 0.2) is 0 Å². The molecule has 5 atom stereocenters. The smallest absolute Gasteiger partial charge is 0.0324 e. The fourth-order valence-electron chi connectivity index (χ4n) is 3.32. The Hall–Kier alpha value is 0. The first-order chi connectivity index (χ1) is 4.75. The molecule has 0 radical (unpaired) electrons. The minimum atomic E-state index is 1.04. The van der Waals surface area contributed by atoms with E-state index in [9.17, 15) is 0 Å². The van der Waals surface area contributed by atoms with Gasteiger partial charge in [0.25, 0.3) is 0 Å². The van der Waals surface area contributed by atoms with E-state index < -0.39 is 0 Å². The second-order valence-corrected chi connectivity index (χ2v) is 4.39. The Kier molecular flexibility index (Phi) is 1.33. The van der Waals surface area contributed by atoms with Gasteiger partial charge < -0.3 is 0 Å². The molecule has 0 aliphatic heterocycles. The van der Waals surface area contributed by atoms with E-state index in [1.807, 2.05) is 0 Å². The minimum absolute atomic E-state index is 1.04. The molecule has 0 aromatic carbocycles. The molecule has 58 valence electrons. The Labute approximate surface area is 64.0 Å². The molecule has 2 aliphatic rings. The molecule has 2 saturated carbocycles. The average molecular weight is 138 g/mol. The predicted molar refractivity (Wildman–Crippen MR) is 43.7 cm³/mol. The quantitative estimate of drug-likeness (QED) is 0.522. The van der Waals surface area contributed by atoms with Crippen LogP contribution < -0.4 is 0 Å². The molecule has 2 rings (SSSR count). The van der Waals surface area contributed by atoms with E-state index in [4.69, 9.17) is 0 Å². The van der Waals surface area contributed by atoms with Gasteiger partial charge in [0.15, 0.2) is 0 Å². The number of hydrogen-bond acceptors (Lipinski definition) is 0. The van der Waals surface area contributed by atoms with Crippen molar-refractivity contribution in [2.24, 2.45) is 29.6 Å². The molecular weight excluding hydrogens is 120 g/mol. The van der Waals surface area contributed by atoms with Gasteiger partial charge in [0.05, 0.1) is 0 Å². The molecular formula is C10H18. The third-order valence-corrected chi connectivity index (χ3v) is 3.98. The van der Waals surface area contributed by atoms with Gasteiger partial charge in [-0.15, -0.1) is 0 Å². The van der Waals surface area contributed by atoms with Crippen molar-refractivity contribution >= 4 is 0 Å². The summed E-state index contributed by atoms with van der Waals surface area (Å²) in [4.78, 5) is 0. The lowest BCUT2D eigenvalue weighted by molar-refractivity contribution is 0.326. The van der Waals surface area contributed by atoms with Crippen LogP contribution in [0.1, 0.15) is 33.6 Å². The SMILES string of the molecule is CCC1C(C)CC2C(C)C12. The summed E-state index contributed by atoms with van der Waals surface area (Å²) >= 11 is 0. The molecule has 0 bridgehead atoms. The summed E-state index contributed by atoms with van der Waals surface area (Å²) in [6.07, 6.45) is 2.96. The highest BCUT2D eigenvalue weighted by atomic mass is 14.6. The summed E-state index contributed by atoms with van der Waals surface area (Å²) in [5.41, 5.74) is 0. The Bertz CT molecular complexity index is 139. The first-order valence-corrected chi connectivity index (χ1v) is 4.75. The van der Waals surface area contributed by atoms with E-state index in [1.54, 1.807) is 0 Å². The van der Waals surface area contributed by atoms with Crippen LogP contribution in [-0.4, -0.2) is 0 Å². The molecule has 0 N–H and O–H groups in total. The molecule has 0 amide bonds. The van der Waals surface area contributed by atoms with Crippen molar-refractivity contribution in [3.05, 3.63) is 0 Å². The van der Waals surface area contributed by atoms with Crippen LogP contribution in [0.4, 0.5) is 0 Å². The van der Waals surface area contributed by atoms with Gasteiger partial charge in [-0.25, -0.2) is 0 Å². The maximum absolute atomic E-state index is 2.44. The summed E-state index contributed by atoms with van der Waals surface area (Å²) in [6.45, 7) is 7.23. The first kappa shape index (κ1) is 6.69. The lowest BCUT2D eigenvalue weighted by Gasteiger charge is -2.17. The summed E-state index contributed by atoms with van der Waals surface area (Å²) in [5, 5.41) is 0. The average Bonchev–Trinajstić information content (AvgIpc) is 2.45. The normalized spacial score (nSPS) is 58.5. The zero-order valence-corrected chi connectivity index (χ0v) is 7.30. The zero-order valence-electron chi connectivity index (χ0n) is 7.30. The van der Waals surface area contributed by atoms with Gasteiger partial charge in [0.1, 0.15) is 0 Å². The van der Waals surface area contributed by atoms with E-state index in [0.29, 0.717) is 0 Å². The molecule has 0 spiro atoms. The van der Waals surface area contributed by atoms with Crippen LogP contribution in [0.25, 0.3) is 0 Å². The Morgan fingerprint density at radius 1 is 1.30 bits per heavy atom. The predicted octanol–water partition coefficient (Wildman–Crippen LogP) is 2.93. The summed E-state index contributed by atoms with van der Waals surface area (Å²) in [6, 6.07) is 0. The van der Waals surface area contributed by atoms with Crippen LogP contribution in [0, 0.1) is 29.6 Å². The van der Waals surface area contributed by atoms with Gasteiger partial charge in [0.2, 0.25) is 0 Å². The molecule has 0 aromatic heterocycles. The standard InChI is InChI=1S/C10H18/c1-4-8-6(2)5-9-7(3)10(8)9/h6-10H,4-5H2,1-3H3. The van der Waals surface area contributed by atoms with Crippen molar-refractivity contribution in [2.45, 2.75) is 33.6 Å². The third-order valence-electron chi connectivity index (χ3n) is 3.98. The summed E-state index contributed by atoms with van der Waals surface area (Å²) < 4.78 is 0. The zero-order chi connectivity index (χ0) is 7.30. The second-order valence-electron chi connectivity index (χ2n) is 4.39. The van der Waals surface area contributed by atoms with Gasteiger partial charge in [-0.05, 0) is 36.0 Å².